The molecule has 1 aliphatic heterocycles. The molecule has 40 heavy (non-hydrogen) atoms. The topological polar surface area (TPSA) is 147 Å². The van der Waals surface area contributed by atoms with Crippen molar-refractivity contribution in [3.63, 3.8) is 0 Å². The zero-order chi connectivity index (χ0) is 29.4. The number of hydrogen-bond donors (Lipinski definition) is 1. The van der Waals surface area contributed by atoms with E-state index in [2.05, 4.69) is 5.32 Å². The number of fused-ring (bicyclic) bond motifs is 1. The molecule has 1 amide bonds. The van der Waals surface area contributed by atoms with E-state index in [9.17, 15) is 23.3 Å². The van der Waals surface area contributed by atoms with Crippen molar-refractivity contribution < 1.29 is 36.5 Å². The second kappa shape index (κ2) is 10.6. The minimum absolute atomic E-state index is 0.0657. The second-order valence-corrected chi connectivity index (χ2v) is 11.2. The number of carbonyl (C=O) groups is 1. The number of nitro groups is 1. The average Bonchev–Trinajstić information content (AvgIpc) is 2.89. The lowest BCUT2D eigenvalue weighted by Gasteiger charge is -2.39. The predicted molar refractivity (Wildman–Crippen MR) is 149 cm³/mol. The fourth-order valence-electron chi connectivity index (χ4n) is 4.59. The summed E-state index contributed by atoms with van der Waals surface area (Å²) >= 11 is 0. The number of hydrogen-bond acceptors (Lipinski definition) is 10. The van der Waals surface area contributed by atoms with E-state index in [-0.39, 0.29) is 29.7 Å². The maximum absolute atomic E-state index is 13.2. The van der Waals surface area contributed by atoms with Gasteiger partial charge in [-0.2, -0.15) is 8.42 Å². The molecule has 1 heterocycles. The van der Waals surface area contributed by atoms with Gasteiger partial charge in [0.25, 0.3) is 11.6 Å². The molecular formula is C27H29N3O9S. The molecule has 0 spiro atoms. The second-order valence-electron chi connectivity index (χ2n) is 9.63. The number of benzene rings is 3. The highest BCUT2D eigenvalue weighted by molar-refractivity contribution is 7.86. The Morgan fingerprint density at radius 2 is 1.65 bits per heavy atom. The third-order valence-electron chi connectivity index (χ3n) is 6.35. The molecule has 3 aromatic rings. The highest BCUT2D eigenvalue weighted by atomic mass is 32.2. The van der Waals surface area contributed by atoms with Gasteiger partial charge >= 0.3 is 10.1 Å². The van der Waals surface area contributed by atoms with Crippen molar-refractivity contribution in [1.29, 1.82) is 0 Å². The van der Waals surface area contributed by atoms with E-state index in [4.69, 9.17) is 18.4 Å². The average molecular weight is 572 g/mol. The zero-order valence-electron chi connectivity index (χ0n) is 22.8. The van der Waals surface area contributed by atoms with Crippen LogP contribution in [-0.2, 0) is 21.5 Å². The standard InChI is InChI=1S/C27H29N3O9S/c1-27(2)26(31)29(3)25-20(15-38-24-13-16(30(32)33)7-12-22(24)36-4)18(10-11-21(25)28-27)19-9-8-17(14-23(19)37-5)39-40(6,34)35/h7-14,28H,15H2,1-6H3. The summed E-state index contributed by atoms with van der Waals surface area (Å²) < 4.78 is 45.3. The molecule has 13 heteroatoms. The molecule has 1 N–H and O–H groups in total. The lowest BCUT2D eigenvalue weighted by Crippen LogP contribution is -2.52. The summed E-state index contributed by atoms with van der Waals surface area (Å²) in [4.78, 5) is 25.6. The van der Waals surface area contributed by atoms with E-state index in [0.29, 0.717) is 39.6 Å². The summed E-state index contributed by atoms with van der Waals surface area (Å²) in [6.45, 7) is 3.44. The van der Waals surface area contributed by atoms with Gasteiger partial charge in [-0.1, -0.05) is 6.07 Å². The number of anilines is 2. The van der Waals surface area contributed by atoms with E-state index in [1.807, 2.05) is 12.1 Å². The van der Waals surface area contributed by atoms with Gasteiger partial charge in [-0.25, -0.2) is 0 Å². The van der Waals surface area contributed by atoms with Crippen LogP contribution in [-0.4, -0.2) is 52.3 Å². The first kappa shape index (κ1) is 28.5. The van der Waals surface area contributed by atoms with Crippen LogP contribution in [0, 0.1) is 10.1 Å². The number of carbonyl (C=O) groups excluding carboxylic acids is 1. The lowest BCUT2D eigenvalue weighted by molar-refractivity contribution is -0.385. The molecular weight excluding hydrogens is 542 g/mol. The fourth-order valence-corrected chi connectivity index (χ4v) is 5.05. The van der Waals surface area contributed by atoms with Gasteiger partial charge < -0.3 is 28.6 Å². The minimum atomic E-state index is -3.77. The molecule has 0 atom stereocenters. The number of rotatable bonds is 9. The molecule has 0 saturated heterocycles. The maximum atomic E-state index is 13.2. The number of nitrogens with zero attached hydrogens (tertiary/aromatic N) is 2. The van der Waals surface area contributed by atoms with Crippen LogP contribution >= 0.6 is 0 Å². The van der Waals surface area contributed by atoms with Crippen LogP contribution in [0.2, 0.25) is 0 Å². The lowest BCUT2D eigenvalue weighted by atomic mass is 9.91. The molecule has 0 bridgehead atoms. The Morgan fingerprint density at radius 3 is 2.27 bits per heavy atom. The highest BCUT2D eigenvalue weighted by Crippen LogP contribution is 2.45. The Labute approximate surface area is 231 Å². The molecule has 0 fully saturated rings. The molecule has 0 radical (unpaired) electrons. The van der Waals surface area contributed by atoms with Crippen LogP contribution in [0.4, 0.5) is 17.1 Å². The summed E-state index contributed by atoms with van der Waals surface area (Å²) in [5.41, 5.74) is 1.94. The number of nitro benzene ring substituents is 1. The summed E-state index contributed by atoms with van der Waals surface area (Å²) in [6.07, 6.45) is 0.940. The van der Waals surface area contributed by atoms with Gasteiger partial charge in [0, 0.05) is 30.3 Å². The molecule has 4 rings (SSSR count). The Kier molecular flexibility index (Phi) is 7.52. The Hall–Kier alpha value is -4.52. The number of ether oxygens (including phenoxy) is 3. The summed E-state index contributed by atoms with van der Waals surface area (Å²) in [7, 11) is 0.750. The number of likely N-dealkylation sites (N-methyl/N-ethyl adjacent to an activating group) is 1. The van der Waals surface area contributed by atoms with Crippen molar-refractivity contribution in [2.24, 2.45) is 0 Å². The monoisotopic (exact) mass is 571 g/mol. The molecule has 0 aliphatic carbocycles. The van der Waals surface area contributed by atoms with Gasteiger partial charge in [-0.3, -0.25) is 14.9 Å². The number of amides is 1. The minimum Gasteiger partial charge on any atom is -0.496 e. The van der Waals surface area contributed by atoms with E-state index in [1.54, 1.807) is 27.0 Å². The van der Waals surface area contributed by atoms with Crippen molar-refractivity contribution in [3.05, 3.63) is 64.2 Å². The third-order valence-corrected chi connectivity index (χ3v) is 6.84. The zero-order valence-corrected chi connectivity index (χ0v) is 23.6. The first-order valence-corrected chi connectivity index (χ1v) is 13.8. The van der Waals surface area contributed by atoms with Gasteiger partial charge in [-0.05, 0) is 43.7 Å². The summed E-state index contributed by atoms with van der Waals surface area (Å²) in [6, 6.07) is 12.2. The number of methoxy groups -OCH3 is 2. The number of non-ortho nitro benzene ring substituents is 1. The largest absolute Gasteiger partial charge is 0.496 e. The highest BCUT2D eigenvalue weighted by Gasteiger charge is 2.39. The van der Waals surface area contributed by atoms with Crippen molar-refractivity contribution in [2.75, 3.05) is 37.7 Å². The molecule has 12 nitrogen and oxygen atoms in total. The Balaban J connectivity index is 1.88. The van der Waals surface area contributed by atoms with Crippen LogP contribution in [0.3, 0.4) is 0 Å². The van der Waals surface area contributed by atoms with Crippen molar-refractivity contribution >= 4 is 33.1 Å². The van der Waals surface area contributed by atoms with Gasteiger partial charge in [0.05, 0.1) is 42.8 Å². The van der Waals surface area contributed by atoms with Gasteiger partial charge in [-0.15, -0.1) is 0 Å². The molecule has 1 aliphatic rings. The summed E-state index contributed by atoms with van der Waals surface area (Å²) in [5.74, 6) is 0.627. The molecule has 212 valence electrons. The van der Waals surface area contributed by atoms with Crippen LogP contribution in [0.25, 0.3) is 11.1 Å². The molecule has 0 unspecified atom stereocenters. The van der Waals surface area contributed by atoms with Crippen LogP contribution in [0.1, 0.15) is 19.4 Å². The maximum Gasteiger partial charge on any atom is 0.306 e. The quantitative estimate of drug-likeness (QED) is 0.223. The van der Waals surface area contributed by atoms with Gasteiger partial charge in [0.2, 0.25) is 0 Å². The molecule has 0 saturated carbocycles. The van der Waals surface area contributed by atoms with E-state index in [1.165, 1.54) is 49.5 Å². The smallest absolute Gasteiger partial charge is 0.306 e. The van der Waals surface area contributed by atoms with E-state index in [0.717, 1.165) is 6.26 Å². The molecule has 3 aromatic carbocycles. The Bertz CT molecular complexity index is 1600. The van der Waals surface area contributed by atoms with Crippen LogP contribution in [0.5, 0.6) is 23.0 Å². The van der Waals surface area contributed by atoms with Gasteiger partial charge in [0.1, 0.15) is 23.6 Å². The first-order chi connectivity index (χ1) is 18.8. The normalized spacial score (nSPS) is 14.2. The van der Waals surface area contributed by atoms with Crippen molar-refractivity contribution in [2.45, 2.75) is 26.0 Å². The SMILES string of the molecule is COc1ccc([N+](=O)[O-])cc1OCc1c(-c2ccc(OS(C)(=O)=O)cc2OC)ccc2c1N(C)C(=O)C(C)(C)N2. The third kappa shape index (κ3) is 5.59. The van der Waals surface area contributed by atoms with Crippen LogP contribution < -0.4 is 28.6 Å². The Morgan fingerprint density at radius 1 is 0.975 bits per heavy atom. The first-order valence-electron chi connectivity index (χ1n) is 12.0. The van der Waals surface area contributed by atoms with Crippen molar-refractivity contribution in [1.82, 2.24) is 0 Å². The fraction of sp³-hybridized carbons (Fsp3) is 0.296. The van der Waals surface area contributed by atoms with Crippen LogP contribution in [0.15, 0.2) is 48.5 Å². The summed E-state index contributed by atoms with van der Waals surface area (Å²) in [5, 5.41) is 14.6. The number of nitrogens with one attached hydrogen (secondary N) is 1. The van der Waals surface area contributed by atoms with E-state index >= 15 is 0 Å². The van der Waals surface area contributed by atoms with Crippen molar-refractivity contribution in [3.8, 4) is 34.1 Å². The predicted octanol–water partition coefficient (Wildman–Crippen LogP) is 4.36. The molecule has 0 aromatic heterocycles. The van der Waals surface area contributed by atoms with E-state index < -0.39 is 20.6 Å². The van der Waals surface area contributed by atoms with Gasteiger partial charge in [0.15, 0.2) is 11.5 Å².